The molecule has 1 N–H and O–H groups in total. The van der Waals surface area contributed by atoms with Crippen molar-refractivity contribution in [2.75, 3.05) is 5.32 Å². The number of thioether (sulfide) groups is 1. The first-order valence-corrected chi connectivity index (χ1v) is 10.2. The molecule has 28 heavy (non-hydrogen) atoms. The smallest absolute Gasteiger partial charge is 0.238 e. The van der Waals surface area contributed by atoms with Gasteiger partial charge in [0, 0.05) is 6.07 Å². The highest BCUT2D eigenvalue weighted by atomic mass is 32.2. The van der Waals surface area contributed by atoms with E-state index in [0.29, 0.717) is 11.0 Å². The van der Waals surface area contributed by atoms with E-state index in [2.05, 4.69) is 45.9 Å². The van der Waals surface area contributed by atoms with Crippen molar-refractivity contribution in [3.8, 4) is 5.69 Å². The Morgan fingerprint density at radius 3 is 2.75 bits per heavy atom. The molecule has 3 rings (SSSR count). The molecule has 8 nitrogen and oxygen atoms in total. The van der Waals surface area contributed by atoms with Gasteiger partial charge < -0.3 is 5.32 Å². The lowest BCUT2D eigenvalue weighted by atomic mass is 10.1. The van der Waals surface area contributed by atoms with Crippen LogP contribution in [0.5, 0.6) is 0 Å². The van der Waals surface area contributed by atoms with E-state index in [1.165, 1.54) is 17.3 Å². The Morgan fingerprint density at radius 1 is 1.25 bits per heavy atom. The number of hydrogen-bond acceptors (Lipinski definition) is 6. The van der Waals surface area contributed by atoms with E-state index in [9.17, 15) is 4.79 Å². The van der Waals surface area contributed by atoms with Crippen LogP contribution in [0.4, 0.5) is 5.82 Å². The van der Waals surface area contributed by atoms with Crippen molar-refractivity contribution in [1.82, 2.24) is 30.0 Å². The van der Waals surface area contributed by atoms with Crippen molar-refractivity contribution >= 4 is 23.5 Å². The highest BCUT2D eigenvalue weighted by Gasteiger charge is 2.21. The summed E-state index contributed by atoms with van der Waals surface area (Å²) in [7, 11) is 0. The molecular formula is C19H25N7OS. The van der Waals surface area contributed by atoms with E-state index >= 15 is 0 Å². The number of aromatic nitrogens is 6. The minimum Gasteiger partial charge on any atom is -0.310 e. The van der Waals surface area contributed by atoms with E-state index in [-0.39, 0.29) is 17.2 Å². The zero-order valence-electron chi connectivity index (χ0n) is 16.7. The molecule has 3 aromatic rings. The number of carbonyl (C=O) groups excluding carboxylic acids is 1. The Labute approximate surface area is 168 Å². The highest BCUT2D eigenvalue weighted by molar-refractivity contribution is 8.00. The summed E-state index contributed by atoms with van der Waals surface area (Å²) < 4.78 is 3.50. The lowest BCUT2D eigenvalue weighted by Crippen LogP contribution is -2.25. The molecule has 9 heteroatoms. The van der Waals surface area contributed by atoms with Gasteiger partial charge in [-0.25, -0.2) is 4.68 Å². The van der Waals surface area contributed by atoms with Crippen molar-refractivity contribution < 1.29 is 4.79 Å². The number of tetrazole rings is 1. The van der Waals surface area contributed by atoms with Gasteiger partial charge in [-0.15, -0.1) is 5.10 Å². The summed E-state index contributed by atoms with van der Waals surface area (Å²) in [6.45, 7) is 10.1. The second-order valence-corrected chi connectivity index (χ2v) is 8.14. The summed E-state index contributed by atoms with van der Waals surface area (Å²) in [5.74, 6) is 0.575. The lowest BCUT2D eigenvalue weighted by molar-refractivity contribution is -0.115. The molecule has 148 valence electrons. The molecule has 0 aliphatic carbocycles. The first-order valence-electron chi connectivity index (χ1n) is 9.27. The molecule has 0 saturated heterocycles. The van der Waals surface area contributed by atoms with Crippen LogP contribution in [-0.4, -0.2) is 41.1 Å². The average molecular weight is 400 g/mol. The zero-order chi connectivity index (χ0) is 20.3. The SMILES string of the molecule is CC[C@@H](C)n1nccc1NC(=O)[C@@H](C)Sc1nnnn1-c1ccc(C)cc1C. The number of anilines is 1. The number of nitrogens with one attached hydrogen (secondary N) is 1. The number of aryl methyl sites for hydroxylation is 2. The Kier molecular flexibility index (Phi) is 6.13. The Hall–Kier alpha value is -2.68. The van der Waals surface area contributed by atoms with Gasteiger partial charge in [0.25, 0.3) is 0 Å². The summed E-state index contributed by atoms with van der Waals surface area (Å²) in [5.41, 5.74) is 3.15. The zero-order valence-corrected chi connectivity index (χ0v) is 17.6. The molecule has 0 spiro atoms. The monoisotopic (exact) mass is 399 g/mol. The fourth-order valence-electron chi connectivity index (χ4n) is 2.82. The van der Waals surface area contributed by atoms with Gasteiger partial charge in [0.05, 0.1) is 23.2 Å². The molecule has 0 aliphatic heterocycles. The molecule has 1 amide bonds. The Balaban J connectivity index is 1.74. The Morgan fingerprint density at radius 2 is 2.04 bits per heavy atom. The number of carbonyl (C=O) groups is 1. The lowest BCUT2D eigenvalue weighted by Gasteiger charge is -2.16. The van der Waals surface area contributed by atoms with Crippen molar-refractivity contribution in [1.29, 1.82) is 0 Å². The molecule has 2 heterocycles. The van der Waals surface area contributed by atoms with E-state index < -0.39 is 0 Å². The molecule has 0 radical (unpaired) electrons. The van der Waals surface area contributed by atoms with Crippen LogP contribution in [0.1, 0.15) is 44.4 Å². The molecule has 0 fully saturated rings. The summed E-state index contributed by atoms with van der Waals surface area (Å²) in [4.78, 5) is 12.7. The summed E-state index contributed by atoms with van der Waals surface area (Å²) in [6.07, 6.45) is 2.62. The van der Waals surface area contributed by atoms with Gasteiger partial charge in [0.15, 0.2) is 0 Å². The van der Waals surface area contributed by atoms with Crippen LogP contribution in [0.25, 0.3) is 5.69 Å². The van der Waals surface area contributed by atoms with E-state index in [1.54, 1.807) is 16.9 Å². The average Bonchev–Trinajstić information content (AvgIpc) is 3.30. The quantitative estimate of drug-likeness (QED) is 0.611. The van der Waals surface area contributed by atoms with Crippen molar-refractivity contribution in [3.05, 3.63) is 41.6 Å². The first kappa shape index (κ1) is 20.1. The van der Waals surface area contributed by atoms with Crippen LogP contribution >= 0.6 is 11.8 Å². The summed E-state index contributed by atoms with van der Waals surface area (Å²) in [5, 5.41) is 19.5. The van der Waals surface area contributed by atoms with Crippen LogP contribution in [0.3, 0.4) is 0 Å². The van der Waals surface area contributed by atoms with Crippen molar-refractivity contribution in [2.24, 2.45) is 0 Å². The van der Waals surface area contributed by atoms with Gasteiger partial charge in [-0.2, -0.15) is 9.78 Å². The van der Waals surface area contributed by atoms with E-state index in [0.717, 1.165) is 17.7 Å². The normalized spacial score (nSPS) is 13.3. The van der Waals surface area contributed by atoms with E-state index in [4.69, 9.17) is 0 Å². The third kappa shape index (κ3) is 4.24. The molecule has 0 saturated carbocycles. The van der Waals surface area contributed by atoms with Gasteiger partial charge in [0.1, 0.15) is 5.82 Å². The van der Waals surface area contributed by atoms with Gasteiger partial charge in [-0.05, 0) is 56.2 Å². The molecule has 2 atom stereocenters. The predicted molar refractivity (Wildman–Crippen MR) is 110 cm³/mol. The van der Waals surface area contributed by atoms with Crippen molar-refractivity contribution in [3.63, 3.8) is 0 Å². The molecule has 1 aromatic carbocycles. The van der Waals surface area contributed by atoms with Crippen LogP contribution < -0.4 is 5.32 Å². The van der Waals surface area contributed by atoms with Crippen LogP contribution in [-0.2, 0) is 4.79 Å². The standard InChI is InChI=1S/C19H25N7OS/c1-6-14(4)25-17(9-10-20-25)21-18(27)15(5)28-19-22-23-24-26(19)16-8-7-12(2)11-13(16)3/h7-11,14-15H,6H2,1-5H3,(H,21,27)/t14-,15-/m1/s1. The van der Waals surface area contributed by atoms with Gasteiger partial charge in [0.2, 0.25) is 11.1 Å². The minimum atomic E-state index is -0.379. The summed E-state index contributed by atoms with van der Waals surface area (Å²) in [6, 6.07) is 8.11. The van der Waals surface area contributed by atoms with Crippen LogP contribution in [0, 0.1) is 13.8 Å². The Bertz CT molecular complexity index is 965. The fourth-order valence-corrected chi connectivity index (χ4v) is 3.62. The van der Waals surface area contributed by atoms with Crippen LogP contribution in [0.15, 0.2) is 35.6 Å². The molecule has 2 aromatic heterocycles. The second kappa shape index (κ2) is 8.55. The minimum absolute atomic E-state index is 0.120. The molecule has 0 unspecified atom stereocenters. The topological polar surface area (TPSA) is 90.5 Å². The molecular weight excluding hydrogens is 374 g/mol. The van der Waals surface area contributed by atoms with Gasteiger partial charge in [-0.1, -0.05) is 36.4 Å². The maximum atomic E-state index is 12.7. The number of amides is 1. The number of nitrogens with zero attached hydrogens (tertiary/aromatic N) is 6. The maximum absolute atomic E-state index is 12.7. The molecule has 0 bridgehead atoms. The third-order valence-corrected chi connectivity index (χ3v) is 5.64. The van der Waals surface area contributed by atoms with Crippen molar-refractivity contribution in [2.45, 2.75) is 57.5 Å². The fraction of sp³-hybridized carbons (Fsp3) is 0.421. The number of hydrogen-bond donors (Lipinski definition) is 1. The third-order valence-electron chi connectivity index (χ3n) is 4.60. The first-order chi connectivity index (χ1) is 13.4. The second-order valence-electron chi connectivity index (χ2n) is 6.83. The molecule has 0 aliphatic rings. The summed E-state index contributed by atoms with van der Waals surface area (Å²) >= 11 is 1.32. The van der Waals surface area contributed by atoms with E-state index in [1.807, 2.05) is 37.6 Å². The highest BCUT2D eigenvalue weighted by Crippen LogP contribution is 2.26. The van der Waals surface area contributed by atoms with Crippen LogP contribution in [0.2, 0.25) is 0 Å². The predicted octanol–water partition coefficient (Wildman–Crippen LogP) is 3.57. The largest absolute Gasteiger partial charge is 0.310 e. The van der Waals surface area contributed by atoms with Gasteiger partial charge >= 0.3 is 0 Å². The number of benzene rings is 1. The number of rotatable bonds is 7. The van der Waals surface area contributed by atoms with Gasteiger partial charge in [-0.3, -0.25) is 4.79 Å². The maximum Gasteiger partial charge on any atom is 0.238 e.